The van der Waals surface area contributed by atoms with Gasteiger partial charge in [0.05, 0.1) is 7.11 Å². The molecule has 1 fully saturated rings. The largest absolute Gasteiger partial charge is 0.493 e. The third-order valence-electron chi connectivity index (χ3n) is 4.36. The molecule has 0 spiro atoms. The van der Waals surface area contributed by atoms with Gasteiger partial charge in [0.25, 0.3) is 5.91 Å². The first kappa shape index (κ1) is 17.3. The molecular formula is C18H26N2O3. The fourth-order valence-corrected chi connectivity index (χ4v) is 2.76. The first-order valence-corrected chi connectivity index (χ1v) is 7.90. The molecule has 0 saturated carbocycles. The van der Waals surface area contributed by atoms with Gasteiger partial charge >= 0.3 is 0 Å². The van der Waals surface area contributed by atoms with Crippen molar-refractivity contribution in [1.29, 1.82) is 0 Å². The van der Waals surface area contributed by atoms with Crippen LogP contribution in [-0.4, -0.2) is 44.2 Å². The molecule has 1 aliphatic heterocycles. The fraction of sp³-hybridized carbons (Fsp3) is 0.500. The minimum atomic E-state index is -0.0144. The molecule has 5 nitrogen and oxygen atoms in total. The molecule has 0 radical (unpaired) electrons. The molecule has 0 aliphatic carbocycles. The van der Waals surface area contributed by atoms with Crippen LogP contribution in [0.2, 0.25) is 0 Å². The number of hydrogen-bond donors (Lipinski definition) is 1. The Bertz CT molecular complexity index is 573. The van der Waals surface area contributed by atoms with Crippen LogP contribution in [-0.2, 0) is 11.2 Å². The zero-order valence-electron chi connectivity index (χ0n) is 14.0. The van der Waals surface area contributed by atoms with Crippen LogP contribution >= 0.6 is 0 Å². The van der Waals surface area contributed by atoms with Crippen molar-refractivity contribution in [3.8, 4) is 11.5 Å². The second kappa shape index (κ2) is 7.51. The lowest BCUT2D eigenvalue weighted by atomic mass is 9.90. The van der Waals surface area contributed by atoms with E-state index in [-0.39, 0.29) is 17.9 Å². The molecule has 0 bridgehead atoms. The second-order valence-electron chi connectivity index (χ2n) is 6.35. The SMILES string of the molecule is C=CCc1ccc(OCC(=O)N2CCC(C)(CN)C2)c(OC)c1. The molecule has 2 rings (SSSR count). The highest BCUT2D eigenvalue weighted by Gasteiger charge is 2.34. The maximum absolute atomic E-state index is 12.3. The third-order valence-corrected chi connectivity index (χ3v) is 4.36. The zero-order chi connectivity index (χ0) is 16.9. The Morgan fingerprint density at radius 1 is 1.48 bits per heavy atom. The smallest absolute Gasteiger partial charge is 0.260 e. The van der Waals surface area contributed by atoms with Gasteiger partial charge in [0, 0.05) is 13.1 Å². The van der Waals surface area contributed by atoms with E-state index >= 15 is 0 Å². The fourth-order valence-electron chi connectivity index (χ4n) is 2.76. The van der Waals surface area contributed by atoms with Crippen LogP contribution in [0.15, 0.2) is 30.9 Å². The number of methoxy groups -OCH3 is 1. The van der Waals surface area contributed by atoms with Crippen molar-refractivity contribution in [2.75, 3.05) is 33.4 Å². The van der Waals surface area contributed by atoms with E-state index in [1.165, 1.54) is 0 Å². The van der Waals surface area contributed by atoms with Crippen LogP contribution in [0.25, 0.3) is 0 Å². The summed E-state index contributed by atoms with van der Waals surface area (Å²) in [5.74, 6) is 1.19. The Balaban J connectivity index is 1.95. The molecule has 1 atom stereocenters. The van der Waals surface area contributed by atoms with Crippen molar-refractivity contribution in [3.05, 3.63) is 36.4 Å². The van der Waals surface area contributed by atoms with Gasteiger partial charge in [-0.2, -0.15) is 0 Å². The average molecular weight is 318 g/mol. The summed E-state index contributed by atoms with van der Waals surface area (Å²) >= 11 is 0. The van der Waals surface area contributed by atoms with Crippen molar-refractivity contribution in [2.24, 2.45) is 11.1 Å². The van der Waals surface area contributed by atoms with Gasteiger partial charge < -0.3 is 20.1 Å². The van der Waals surface area contributed by atoms with E-state index in [4.69, 9.17) is 15.2 Å². The van der Waals surface area contributed by atoms with Crippen LogP contribution in [0.5, 0.6) is 11.5 Å². The Morgan fingerprint density at radius 2 is 2.26 bits per heavy atom. The van der Waals surface area contributed by atoms with Gasteiger partial charge in [-0.25, -0.2) is 0 Å². The molecular weight excluding hydrogens is 292 g/mol. The number of hydrogen-bond acceptors (Lipinski definition) is 4. The molecule has 1 amide bonds. The number of carbonyl (C=O) groups is 1. The van der Waals surface area contributed by atoms with Gasteiger partial charge in [-0.15, -0.1) is 6.58 Å². The Morgan fingerprint density at radius 3 is 2.87 bits per heavy atom. The monoisotopic (exact) mass is 318 g/mol. The summed E-state index contributed by atoms with van der Waals surface area (Å²) in [6.07, 6.45) is 3.54. The highest BCUT2D eigenvalue weighted by Crippen LogP contribution is 2.30. The molecule has 1 saturated heterocycles. The average Bonchev–Trinajstić information content (AvgIpc) is 2.96. The van der Waals surface area contributed by atoms with Crippen molar-refractivity contribution in [2.45, 2.75) is 19.8 Å². The molecule has 23 heavy (non-hydrogen) atoms. The lowest BCUT2D eigenvalue weighted by Gasteiger charge is -2.22. The molecule has 2 N–H and O–H groups in total. The Hall–Kier alpha value is -2.01. The minimum absolute atomic E-state index is 0.0117. The van der Waals surface area contributed by atoms with Crippen molar-refractivity contribution < 1.29 is 14.3 Å². The first-order valence-electron chi connectivity index (χ1n) is 7.90. The normalized spacial score (nSPS) is 20.4. The van der Waals surface area contributed by atoms with Gasteiger partial charge in [0.1, 0.15) is 0 Å². The molecule has 1 aromatic rings. The zero-order valence-corrected chi connectivity index (χ0v) is 14.0. The molecule has 126 valence electrons. The minimum Gasteiger partial charge on any atom is -0.493 e. The van der Waals surface area contributed by atoms with E-state index in [0.29, 0.717) is 24.6 Å². The van der Waals surface area contributed by atoms with Gasteiger partial charge in [-0.1, -0.05) is 19.1 Å². The summed E-state index contributed by atoms with van der Waals surface area (Å²) in [7, 11) is 1.59. The molecule has 0 aromatic heterocycles. The van der Waals surface area contributed by atoms with Gasteiger partial charge in [-0.3, -0.25) is 4.79 Å². The molecule has 1 aliphatic rings. The van der Waals surface area contributed by atoms with Crippen LogP contribution in [0.4, 0.5) is 0 Å². The highest BCUT2D eigenvalue weighted by atomic mass is 16.5. The molecule has 5 heteroatoms. The van der Waals surface area contributed by atoms with E-state index in [2.05, 4.69) is 13.5 Å². The van der Waals surface area contributed by atoms with Crippen molar-refractivity contribution >= 4 is 5.91 Å². The Kier molecular flexibility index (Phi) is 5.66. The Labute approximate surface area is 138 Å². The van der Waals surface area contributed by atoms with Gasteiger partial charge in [0.15, 0.2) is 18.1 Å². The lowest BCUT2D eigenvalue weighted by Crippen LogP contribution is -2.36. The summed E-state index contributed by atoms with van der Waals surface area (Å²) in [5.41, 5.74) is 6.90. The second-order valence-corrected chi connectivity index (χ2v) is 6.35. The van der Waals surface area contributed by atoms with Crippen LogP contribution in [0.1, 0.15) is 18.9 Å². The summed E-state index contributed by atoms with van der Waals surface area (Å²) in [5, 5.41) is 0. The number of allylic oxidation sites excluding steroid dienone is 1. The van der Waals surface area contributed by atoms with E-state index in [1.807, 2.05) is 29.2 Å². The number of benzene rings is 1. The maximum atomic E-state index is 12.3. The standard InChI is InChI=1S/C18H26N2O3/c1-4-5-14-6-7-15(16(10-14)22-3)23-11-17(21)20-9-8-18(2,12-19)13-20/h4,6-7,10H,1,5,8-9,11-13,19H2,2-3H3. The van der Waals surface area contributed by atoms with Gasteiger partial charge in [-0.05, 0) is 42.5 Å². The van der Waals surface area contributed by atoms with Crippen molar-refractivity contribution in [3.63, 3.8) is 0 Å². The van der Waals surface area contributed by atoms with Crippen LogP contribution in [0.3, 0.4) is 0 Å². The van der Waals surface area contributed by atoms with E-state index in [0.717, 1.165) is 24.9 Å². The summed E-state index contributed by atoms with van der Waals surface area (Å²) in [6.45, 7) is 7.88. The predicted molar refractivity (Wildman–Crippen MR) is 90.7 cm³/mol. The van der Waals surface area contributed by atoms with E-state index < -0.39 is 0 Å². The number of nitrogens with zero attached hydrogens (tertiary/aromatic N) is 1. The topological polar surface area (TPSA) is 64.8 Å². The van der Waals surface area contributed by atoms with Crippen molar-refractivity contribution in [1.82, 2.24) is 4.90 Å². The first-order chi connectivity index (χ1) is 11.0. The summed E-state index contributed by atoms with van der Waals surface area (Å²) in [6, 6.07) is 5.69. The predicted octanol–water partition coefficient (Wildman–Crippen LogP) is 2.00. The number of carbonyl (C=O) groups excluding carboxylic acids is 1. The number of likely N-dealkylation sites (tertiary alicyclic amines) is 1. The van der Waals surface area contributed by atoms with Crippen LogP contribution in [0, 0.1) is 5.41 Å². The lowest BCUT2D eigenvalue weighted by molar-refractivity contribution is -0.132. The van der Waals surface area contributed by atoms with Gasteiger partial charge in [0.2, 0.25) is 0 Å². The summed E-state index contributed by atoms with van der Waals surface area (Å²) < 4.78 is 11.0. The van der Waals surface area contributed by atoms with E-state index in [1.54, 1.807) is 7.11 Å². The number of amides is 1. The molecule has 1 unspecified atom stereocenters. The molecule has 1 aromatic carbocycles. The number of ether oxygens (including phenoxy) is 2. The quantitative estimate of drug-likeness (QED) is 0.781. The molecule has 1 heterocycles. The van der Waals surface area contributed by atoms with Crippen LogP contribution < -0.4 is 15.2 Å². The van der Waals surface area contributed by atoms with E-state index in [9.17, 15) is 4.79 Å². The maximum Gasteiger partial charge on any atom is 0.260 e. The summed E-state index contributed by atoms with van der Waals surface area (Å²) in [4.78, 5) is 14.1. The highest BCUT2D eigenvalue weighted by molar-refractivity contribution is 5.78. The third kappa shape index (κ3) is 4.26. The number of rotatable bonds is 7. The number of nitrogens with two attached hydrogens (primary N) is 1.